The first-order valence-electron chi connectivity index (χ1n) is 13.9. The number of rotatable bonds is 9. The van der Waals surface area contributed by atoms with Crippen LogP contribution in [0.3, 0.4) is 0 Å². The van der Waals surface area contributed by atoms with Crippen LogP contribution in [0.2, 0.25) is 0 Å². The minimum atomic E-state index is -4.48. The number of aromatic amines is 1. The van der Waals surface area contributed by atoms with Gasteiger partial charge in [-0.15, -0.1) is 0 Å². The smallest absolute Gasteiger partial charge is 0.397 e. The first-order chi connectivity index (χ1) is 20.2. The van der Waals surface area contributed by atoms with Crippen LogP contribution in [0, 0.1) is 0 Å². The second-order valence-electron chi connectivity index (χ2n) is 10.7. The van der Waals surface area contributed by atoms with E-state index in [0.29, 0.717) is 49.4 Å². The van der Waals surface area contributed by atoms with Crippen LogP contribution in [0.15, 0.2) is 42.9 Å². The molecule has 0 unspecified atom stereocenters. The molecule has 42 heavy (non-hydrogen) atoms. The summed E-state index contributed by atoms with van der Waals surface area (Å²) in [5.41, 5.74) is 5.17. The summed E-state index contributed by atoms with van der Waals surface area (Å²) in [6.07, 6.45) is 0.153. The van der Waals surface area contributed by atoms with Gasteiger partial charge in [-0.3, -0.25) is 14.7 Å². The Balaban J connectivity index is 1.11. The van der Waals surface area contributed by atoms with Gasteiger partial charge in [-0.25, -0.2) is 15.0 Å². The molecule has 10 nitrogen and oxygen atoms in total. The van der Waals surface area contributed by atoms with E-state index in [0.717, 1.165) is 46.5 Å². The molecule has 13 heteroatoms. The summed E-state index contributed by atoms with van der Waals surface area (Å²) in [5.74, 6) is 1.21. The van der Waals surface area contributed by atoms with Gasteiger partial charge in [0.25, 0.3) is 0 Å². The van der Waals surface area contributed by atoms with Gasteiger partial charge in [-0.1, -0.05) is 6.07 Å². The lowest BCUT2D eigenvalue weighted by Crippen LogP contribution is -2.49. The first-order valence-corrected chi connectivity index (χ1v) is 13.9. The van der Waals surface area contributed by atoms with Crippen LogP contribution in [-0.2, 0) is 17.8 Å². The van der Waals surface area contributed by atoms with Crippen LogP contribution in [0.25, 0.3) is 22.3 Å². The third-order valence-corrected chi connectivity index (χ3v) is 7.44. The number of benzene rings is 1. The number of anilines is 1. The van der Waals surface area contributed by atoms with Crippen molar-refractivity contribution in [3.05, 3.63) is 59.9 Å². The SMILES string of the molecule is COc1c(NC2CC2)ncnc1-c1ccc2nc(Cc3cc(CN4CCN(C(=O)CC(F)(F)F)CC4)ccn3)[nH]c2c1. The van der Waals surface area contributed by atoms with Crippen molar-refractivity contribution in [2.75, 3.05) is 38.6 Å². The number of H-pyrrole nitrogens is 1. The number of hydrogen-bond acceptors (Lipinski definition) is 8. The minimum absolute atomic E-state index is 0.285. The normalized spacial score (nSPS) is 16.1. The van der Waals surface area contributed by atoms with Gasteiger partial charge in [0.2, 0.25) is 5.91 Å². The molecule has 1 saturated carbocycles. The van der Waals surface area contributed by atoms with E-state index >= 15 is 0 Å². The van der Waals surface area contributed by atoms with E-state index in [2.05, 4.69) is 30.2 Å². The zero-order chi connectivity index (χ0) is 29.3. The summed E-state index contributed by atoms with van der Waals surface area (Å²) >= 11 is 0. The van der Waals surface area contributed by atoms with Crippen molar-refractivity contribution in [1.29, 1.82) is 0 Å². The van der Waals surface area contributed by atoms with Gasteiger partial charge >= 0.3 is 6.18 Å². The Bertz CT molecular complexity index is 1580. The first kappa shape index (κ1) is 27.9. The number of fused-ring (bicyclic) bond motifs is 1. The Kier molecular flexibility index (Phi) is 7.67. The summed E-state index contributed by atoms with van der Waals surface area (Å²) in [5, 5.41) is 3.40. The van der Waals surface area contributed by atoms with Crippen molar-refractivity contribution < 1.29 is 22.7 Å². The van der Waals surface area contributed by atoms with Crippen molar-refractivity contribution in [3.8, 4) is 17.0 Å². The fourth-order valence-electron chi connectivity index (χ4n) is 5.18. The van der Waals surface area contributed by atoms with Crippen molar-refractivity contribution in [3.63, 3.8) is 0 Å². The van der Waals surface area contributed by atoms with Crippen LogP contribution in [-0.4, -0.2) is 86.1 Å². The number of amides is 1. The second kappa shape index (κ2) is 11.6. The summed E-state index contributed by atoms with van der Waals surface area (Å²) in [6, 6.07) is 10.3. The molecule has 0 bridgehead atoms. The number of methoxy groups -OCH3 is 1. The Morgan fingerprint density at radius 1 is 1.10 bits per heavy atom. The highest BCUT2D eigenvalue weighted by atomic mass is 19.4. The molecule has 4 heterocycles. The monoisotopic (exact) mass is 580 g/mol. The lowest BCUT2D eigenvalue weighted by Gasteiger charge is -2.35. The lowest BCUT2D eigenvalue weighted by molar-refractivity contribution is -0.162. The molecular formula is C29H31F3N8O2. The molecule has 1 saturated heterocycles. The van der Waals surface area contributed by atoms with E-state index in [-0.39, 0.29) is 13.1 Å². The van der Waals surface area contributed by atoms with E-state index in [4.69, 9.17) is 9.72 Å². The van der Waals surface area contributed by atoms with Crippen molar-refractivity contribution in [2.45, 2.75) is 44.4 Å². The summed E-state index contributed by atoms with van der Waals surface area (Å²) in [7, 11) is 1.62. The van der Waals surface area contributed by atoms with E-state index in [1.165, 1.54) is 11.2 Å². The number of piperazine rings is 1. The molecule has 1 aromatic carbocycles. The van der Waals surface area contributed by atoms with Gasteiger partial charge in [0.15, 0.2) is 11.6 Å². The molecule has 6 rings (SSSR count). The van der Waals surface area contributed by atoms with Crippen LogP contribution in [0.5, 0.6) is 5.75 Å². The molecule has 220 valence electrons. The largest absolute Gasteiger partial charge is 0.491 e. The number of carbonyl (C=O) groups excluding carboxylic acids is 1. The van der Waals surface area contributed by atoms with Gasteiger partial charge in [0, 0.05) is 62.6 Å². The van der Waals surface area contributed by atoms with Crippen LogP contribution >= 0.6 is 0 Å². The number of ether oxygens (including phenoxy) is 1. The molecule has 0 atom stereocenters. The number of aromatic nitrogens is 5. The third kappa shape index (κ3) is 6.62. The average molecular weight is 581 g/mol. The van der Waals surface area contributed by atoms with E-state index in [1.807, 2.05) is 30.3 Å². The number of pyridine rings is 1. The second-order valence-corrected chi connectivity index (χ2v) is 10.7. The zero-order valence-corrected chi connectivity index (χ0v) is 23.1. The number of halogens is 3. The molecule has 0 radical (unpaired) electrons. The van der Waals surface area contributed by atoms with Gasteiger partial charge < -0.3 is 19.9 Å². The molecule has 2 aliphatic rings. The van der Waals surface area contributed by atoms with E-state index in [1.54, 1.807) is 13.3 Å². The fourth-order valence-corrected chi connectivity index (χ4v) is 5.18. The number of nitrogens with one attached hydrogen (secondary N) is 2. The van der Waals surface area contributed by atoms with Gasteiger partial charge in [0.1, 0.15) is 24.3 Å². The number of hydrogen-bond donors (Lipinski definition) is 2. The molecule has 1 aliphatic carbocycles. The Labute approximate surface area is 240 Å². The quantitative estimate of drug-likeness (QED) is 0.303. The molecule has 1 amide bonds. The molecular weight excluding hydrogens is 549 g/mol. The number of nitrogens with zero attached hydrogens (tertiary/aromatic N) is 6. The highest BCUT2D eigenvalue weighted by Gasteiger charge is 2.34. The maximum Gasteiger partial charge on any atom is 0.397 e. The molecule has 3 aromatic heterocycles. The molecule has 0 spiro atoms. The van der Waals surface area contributed by atoms with Crippen LogP contribution in [0.4, 0.5) is 19.0 Å². The molecule has 2 N–H and O–H groups in total. The van der Waals surface area contributed by atoms with Crippen molar-refractivity contribution in [2.24, 2.45) is 0 Å². The van der Waals surface area contributed by atoms with E-state index < -0.39 is 18.5 Å². The molecule has 2 fully saturated rings. The molecule has 1 aliphatic heterocycles. The standard InChI is InChI=1S/C29H31F3N8O2/c1-42-27-26(34-17-35-28(27)36-20-3-4-20)19-2-5-22-23(13-19)38-24(37-22)14-21-12-18(6-7-33-21)16-39-8-10-40(11-9-39)25(41)15-29(30,31)32/h2,5-7,12-13,17,20H,3-4,8-11,14-16H2,1H3,(H,37,38)(H,34,35,36). The minimum Gasteiger partial charge on any atom is -0.491 e. The maximum atomic E-state index is 12.6. The zero-order valence-electron chi connectivity index (χ0n) is 23.1. The highest BCUT2D eigenvalue weighted by Crippen LogP contribution is 2.36. The third-order valence-electron chi connectivity index (χ3n) is 7.44. The highest BCUT2D eigenvalue weighted by molar-refractivity contribution is 5.84. The Morgan fingerprint density at radius 2 is 1.90 bits per heavy atom. The van der Waals surface area contributed by atoms with Gasteiger partial charge in [-0.2, -0.15) is 13.2 Å². The predicted octanol–water partition coefficient (Wildman–Crippen LogP) is 4.19. The number of imidazole rings is 1. The Morgan fingerprint density at radius 3 is 2.64 bits per heavy atom. The fraction of sp³-hybridized carbons (Fsp3) is 0.414. The lowest BCUT2D eigenvalue weighted by atomic mass is 10.1. The Hall–Kier alpha value is -4.26. The summed E-state index contributed by atoms with van der Waals surface area (Å²) in [6.45, 7) is 2.23. The summed E-state index contributed by atoms with van der Waals surface area (Å²) in [4.78, 5) is 36.8. The summed E-state index contributed by atoms with van der Waals surface area (Å²) < 4.78 is 43.4. The number of alkyl halides is 3. The van der Waals surface area contributed by atoms with Crippen molar-refractivity contribution in [1.82, 2.24) is 34.7 Å². The maximum absolute atomic E-state index is 12.6. The van der Waals surface area contributed by atoms with Gasteiger partial charge in [0.05, 0.1) is 18.1 Å². The molecule has 4 aromatic rings. The van der Waals surface area contributed by atoms with Gasteiger partial charge in [-0.05, 0) is 42.7 Å². The van der Waals surface area contributed by atoms with Crippen LogP contribution in [0.1, 0.15) is 36.3 Å². The van der Waals surface area contributed by atoms with E-state index in [9.17, 15) is 18.0 Å². The van der Waals surface area contributed by atoms with Crippen molar-refractivity contribution >= 4 is 22.8 Å². The average Bonchev–Trinajstić information content (AvgIpc) is 3.68. The topological polar surface area (TPSA) is 112 Å². The van der Waals surface area contributed by atoms with Crippen LogP contribution < -0.4 is 10.1 Å². The predicted molar refractivity (Wildman–Crippen MR) is 150 cm³/mol. The number of carbonyl (C=O) groups is 1.